The maximum absolute atomic E-state index is 5.55. The van der Waals surface area contributed by atoms with Gasteiger partial charge in [-0.3, -0.25) is 9.97 Å². The lowest BCUT2D eigenvalue weighted by Crippen LogP contribution is -1.69. The molecular weight excluding hydrogens is 236 g/mol. The molecule has 0 atom stereocenters. The average Bonchev–Trinajstić information content (AvgIpc) is 2.92. The number of aromatic nitrogens is 2. The Morgan fingerprint density at radius 1 is 0.684 bits per heavy atom. The first-order valence-electron chi connectivity index (χ1n) is 7.01. The van der Waals surface area contributed by atoms with Crippen LogP contribution in [0.5, 0.6) is 0 Å². The average molecular weight is 260 g/mol. The lowest BCUT2D eigenvalue weighted by atomic mass is 10.2. The summed E-state index contributed by atoms with van der Waals surface area (Å²) in [4.78, 5) is 8.05. The summed E-state index contributed by atoms with van der Waals surface area (Å²) in [6.07, 6.45) is 7.00. The Kier molecular flexibility index (Phi) is 9.06. The molecule has 0 radical (unpaired) electrons. The summed E-state index contributed by atoms with van der Waals surface area (Å²) in [6, 6.07) is 3.79. The molecule has 0 aliphatic heterocycles. The van der Waals surface area contributed by atoms with Crippen LogP contribution in [0.15, 0.2) is 41.3 Å². The molecule has 0 fully saturated rings. The second-order valence-electron chi connectivity index (χ2n) is 2.85. The minimum Gasteiger partial charge on any atom is -0.454 e. The van der Waals surface area contributed by atoms with Crippen LogP contribution in [-0.2, 0) is 0 Å². The molecule has 19 heavy (non-hydrogen) atoms. The van der Waals surface area contributed by atoms with Crippen molar-refractivity contribution >= 4 is 21.9 Å². The molecule has 0 bridgehead atoms. The maximum atomic E-state index is 5.55. The van der Waals surface area contributed by atoms with E-state index >= 15 is 0 Å². The Morgan fingerprint density at radius 3 is 1.95 bits per heavy atom. The van der Waals surface area contributed by atoms with Crippen LogP contribution in [0.4, 0.5) is 0 Å². The highest BCUT2D eigenvalue weighted by Gasteiger charge is 2.04. The van der Waals surface area contributed by atoms with Crippen molar-refractivity contribution in [1.29, 1.82) is 0 Å². The molecular formula is C16H24N2O. The monoisotopic (exact) mass is 260 g/mol. The molecule has 0 amide bonds. The molecule has 3 rings (SSSR count). The minimum absolute atomic E-state index is 0.811. The van der Waals surface area contributed by atoms with Crippen molar-refractivity contribution in [2.75, 3.05) is 0 Å². The van der Waals surface area contributed by atoms with Crippen LogP contribution in [0.1, 0.15) is 41.5 Å². The first-order chi connectivity index (χ1) is 9.45. The molecule has 0 saturated heterocycles. The van der Waals surface area contributed by atoms with Gasteiger partial charge in [0.05, 0.1) is 6.20 Å². The van der Waals surface area contributed by atoms with Crippen molar-refractivity contribution in [3.63, 3.8) is 0 Å². The van der Waals surface area contributed by atoms with Gasteiger partial charge < -0.3 is 4.42 Å². The molecule has 0 N–H and O–H groups in total. The molecule has 3 heterocycles. The molecule has 3 aromatic heterocycles. The lowest BCUT2D eigenvalue weighted by Gasteiger charge is -1.84. The highest BCUT2D eigenvalue weighted by Crippen LogP contribution is 2.26. The Bertz CT molecular complexity index is 523. The fraction of sp³-hybridized carbons (Fsp3) is 0.375. The van der Waals surface area contributed by atoms with E-state index in [2.05, 4.69) is 9.97 Å². The molecule has 0 unspecified atom stereocenters. The summed E-state index contributed by atoms with van der Waals surface area (Å²) in [5, 5.41) is 2.11. The largest absolute Gasteiger partial charge is 0.454 e. The number of pyridine rings is 2. The molecule has 104 valence electrons. The van der Waals surface area contributed by atoms with E-state index in [1.165, 1.54) is 0 Å². The summed E-state index contributed by atoms with van der Waals surface area (Å²) in [5.41, 5.74) is 1.67. The number of fused-ring (bicyclic) bond motifs is 3. The topological polar surface area (TPSA) is 38.9 Å². The SMILES string of the molecule is CC.CC.CC.c1cc2c(cn1)oc1ccncc12. The third-order valence-corrected chi connectivity index (χ3v) is 2.08. The van der Waals surface area contributed by atoms with Gasteiger partial charge in [0.25, 0.3) is 0 Å². The third-order valence-electron chi connectivity index (χ3n) is 2.08. The summed E-state index contributed by atoms with van der Waals surface area (Å²) in [5.74, 6) is 0. The Balaban J connectivity index is 0.000000482. The van der Waals surface area contributed by atoms with Crippen LogP contribution in [0.2, 0.25) is 0 Å². The van der Waals surface area contributed by atoms with Gasteiger partial charge in [-0.2, -0.15) is 0 Å². The highest BCUT2D eigenvalue weighted by atomic mass is 16.3. The van der Waals surface area contributed by atoms with Gasteiger partial charge in [0, 0.05) is 29.4 Å². The standard InChI is InChI=1S/C10H6N2O.3C2H6/c1-3-12-6-10-7(1)8-5-11-4-2-9(8)13-10;3*1-2/h1-6H;3*1-2H3. The van der Waals surface area contributed by atoms with Crippen molar-refractivity contribution < 1.29 is 4.42 Å². The number of nitrogens with zero attached hydrogens (tertiary/aromatic N) is 2. The normalized spacial score (nSPS) is 8.53. The van der Waals surface area contributed by atoms with Crippen molar-refractivity contribution in [3.8, 4) is 0 Å². The second kappa shape index (κ2) is 10.1. The van der Waals surface area contributed by atoms with E-state index in [4.69, 9.17) is 4.42 Å². The van der Waals surface area contributed by atoms with E-state index in [0.717, 1.165) is 21.9 Å². The van der Waals surface area contributed by atoms with Gasteiger partial charge in [-0.05, 0) is 12.1 Å². The number of hydrogen-bond donors (Lipinski definition) is 0. The summed E-state index contributed by atoms with van der Waals surface area (Å²) in [7, 11) is 0. The van der Waals surface area contributed by atoms with Crippen LogP contribution in [0, 0.1) is 0 Å². The van der Waals surface area contributed by atoms with Gasteiger partial charge in [-0.25, -0.2) is 0 Å². The quantitative estimate of drug-likeness (QED) is 0.539. The van der Waals surface area contributed by atoms with Gasteiger partial charge in [-0.1, -0.05) is 41.5 Å². The van der Waals surface area contributed by atoms with Crippen LogP contribution in [-0.4, -0.2) is 9.97 Å². The fourth-order valence-corrected chi connectivity index (χ4v) is 1.48. The predicted octanol–water partition coefficient (Wildman–Crippen LogP) is 5.45. The molecule has 0 aromatic carbocycles. The molecule has 3 heteroatoms. The van der Waals surface area contributed by atoms with E-state index < -0.39 is 0 Å². The van der Waals surface area contributed by atoms with Gasteiger partial charge in [0.2, 0.25) is 0 Å². The fourth-order valence-electron chi connectivity index (χ4n) is 1.48. The van der Waals surface area contributed by atoms with E-state index in [1.54, 1.807) is 24.8 Å². The van der Waals surface area contributed by atoms with Crippen LogP contribution >= 0.6 is 0 Å². The minimum atomic E-state index is 0.811. The van der Waals surface area contributed by atoms with E-state index in [0.29, 0.717) is 0 Å². The van der Waals surface area contributed by atoms with Crippen molar-refractivity contribution in [2.24, 2.45) is 0 Å². The number of rotatable bonds is 0. The summed E-state index contributed by atoms with van der Waals surface area (Å²) >= 11 is 0. The van der Waals surface area contributed by atoms with Gasteiger partial charge in [0.15, 0.2) is 5.58 Å². The molecule has 3 nitrogen and oxygen atoms in total. The smallest absolute Gasteiger partial charge is 0.153 e. The van der Waals surface area contributed by atoms with Crippen LogP contribution < -0.4 is 0 Å². The molecule has 0 aliphatic carbocycles. The Labute approximate surface area is 115 Å². The molecule has 3 aromatic rings. The molecule has 0 aliphatic rings. The number of furan rings is 1. The maximum Gasteiger partial charge on any atom is 0.153 e. The van der Waals surface area contributed by atoms with Gasteiger partial charge in [-0.15, -0.1) is 0 Å². The van der Waals surface area contributed by atoms with Crippen molar-refractivity contribution in [2.45, 2.75) is 41.5 Å². The first-order valence-corrected chi connectivity index (χ1v) is 7.01. The third kappa shape index (κ3) is 4.05. The zero-order chi connectivity index (χ0) is 14.7. The second-order valence-corrected chi connectivity index (χ2v) is 2.85. The van der Waals surface area contributed by atoms with Gasteiger partial charge in [0.1, 0.15) is 5.58 Å². The Hall–Kier alpha value is -1.90. The lowest BCUT2D eigenvalue weighted by molar-refractivity contribution is 0.666. The summed E-state index contributed by atoms with van der Waals surface area (Å²) in [6.45, 7) is 12.0. The van der Waals surface area contributed by atoms with E-state index in [1.807, 2.05) is 53.7 Å². The van der Waals surface area contributed by atoms with Crippen molar-refractivity contribution in [3.05, 3.63) is 36.9 Å². The highest BCUT2D eigenvalue weighted by molar-refractivity contribution is 6.03. The van der Waals surface area contributed by atoms with Crippen LogP contribution in [0.3, 0.4) is 0 Å². The van der Waals surface area contributed by atoms with Gasteiger partial charge >= 0.3 is 0 Å². The molecule has 0 saturated carbocycles. The van der Waals surface area contributed by atoms with Crippen LogP contribution in [0.25, 0.3) is 21.9 Å². The number of hydrogen-bond acceptors (Lipinski definition) is 3. The van der Waals surface area contributed by atoms with Crippen molar-refractivity contribution in [1.82, 2.24) is 9.97 Å². The zero-order valence-corrected chi connectivity index (χ0v) is 12.8. The Morgan fingerprint density at radius 2 is 1.26 bits per heavy atom. The zero-order valence-electron chi connectivity index (χ0n) is 12.8. The predicted molar refractivity (Wildman–Crippen MR) is 83.4 cm³/mol. The van der Waals surface area contributed by atoms with E-state index in [-0.39, 0.29) is 0 Å². The van der Waals surface area contributed by atoms with E-state index in [9.17, 15) is 0 Å². The first kappa shape index (κ1) is 17.1. The molecule has 0 spiro atoms. The summed E-state index contributed by atoms with van der Waals surface area (Å²) < 4.78 is 5.55.